The summed E-state index contributed by atoms with van der Waals surface area (Å²) in [6.07, 6.45) is 12.6. The molecule has 0 N–H and O–H groups in total. The Kier molecular flexibility index (Phi) is 2.34. The first-order chi connectivity index (χ1) is 6.83. The third-order valence-corrected chi connectivity index (χ3v) is 5.43. The highest BCUT2D eigenvalue weighted by atomic mass is 14.5. The molecule has 0 aliphatic heterocycles. The summed E-state index contributed by atoms with van der Waals surface area (Å²) >= 11 is 0. The van der Waals surface area contributed by atoms with Gasteiger partial charge in [-0.1, -0.05) is 32.6 Å². The molecule has 0 nitrogen and oxygen atoms in total. The van der Waals surface area contributed by atoms with Crippen LogP contribution >= 0.6 is 0 Å². The van der Waals surface area contributed by atoms with Gasteiger partial charge in [0.1, 0.15) is 0 Å². The Hall–Kier alpha value is 0. The zero-order valence-electron chi connectivity index (χ0n) is 9.54. The van der Waals surface area contributed by atoms with Gasteiger partial charge in [-0.15, -0.1) is 0 Å². The lowest BCUT2D eigenvalue weighted by atomic mass is 9.87. The highest BCUT2D eigenvalue weighted by Gasteiger charge is 2.41. The van der Waals surface area contributed by atoms with Crippen LogP contribution in [0.2, 0.25) is 0 Å². The Bertz CT molecular complexity index is 196. The predicted octanol–water partition coefficient (Wildman–Crippen LogP) is 4.25. The largest absolute Gasteiger partial charge is 0.0625 e. The monoisotopic (exact) mass is 192 g/mol. The SMILES string of the molecule is CC1CCC(C2CC3CCCC3C2)C1. The van der Waals surface area contributed by atoms with E-state index in [9.17, 15) is 0 Å². The van der Waals surface area contributed by atoms with Crippen LogP contribution in [0, 0.1) is 29.6 Å². The van der Waals surface area contributed by atoms with Crippen LogP contribution in [0.4, 0.5) is 0 Å². The van der Waals surface area contributed by atoms with Crippen molar-refractivity contribution in [2.45, 2.75) is 58.3 Å². The molecule has 3 rings (SSSR count). The quantitative estimate of drug-likeness (QED) is 0.582. The highest BCUT2D eigenvalue weighted by Crippen LogP contribution is 2.52. The van der Waals surface area contributed by atoms with Crippen LogP contribution in [0.3, 0.4) is 0 Å². The lowest BCUT2D eigenvalue weighted by Crippen LogP contribution is -2.09. The van der Waals surface area contributed by atoms with Crippen molar-refractivity contribution in [3.8, 4) is 0 Å². The Balaban J connectivity index is 1.60. The van der Waals surface area contributed by atoms with E-state index >= 15 is 0 Å². The van der Waals surface area contributed by atoms with Gasteiger partial charge in [0.2, 0.25) is 0 Å². The molecular formula is C14H24. The number of fused-ring (bicyclic) bond motifs is 1. The van der Waals surface area contributed by atoms with Gasteiger partial charge >= 0.3 is 0 Å². The topological polar surface area (TPSA) is 0 Å². The van der Waals surface area contributed by atoms with Gasteiger partial charge in [0, 0.05) is 0 Å². The summed E-state index contributed by atoms with van der Waals surface area (Å²) in [5.41, 5.74) is 0. The molecule has 3 aliphatic rings. The van der Waals surface area contributed by atoms with Crippen molar-refractivity contribution in [2.75, 3.05) is 0 Å². The summed E-state index contributed by atoms with van der Waals surface area (Å²) in [5, 5.41) is 0. The van der Waals surface area contributed by atoms with Crippen LogP contribution in [0.5, 0.6) is 0 Å². The lowest BCUT2D eigenvalue weighted by molar-refractivity contribution is 0.317. The Morgan fingerprint density at radius 3 is 1.86 bits per heavy atom. The van der Waals surface area contributed by atoms with E-state index in [1.165, 1.54) is 6.42 Å². The lowest BCUT2D eigenvalue weighted by Gasteiger charge is -2.19. The molecule has 0 heterocycles. The van der Waals surface area contributed by atoms with Crippen LogP contribution in [0.15, 0.2) is 0 Å². The molecule has 0 aromatic carbocycles. The van der Waals surface area contributed by atoms with Crippen LogP contribution in [0.1, 0.15) is 58.3 Å². The standard InChI is InChI=1S/C14H24/c1-10-5-6-13(7-10)14-8-11-3-2-4-12(11)9-14/h10-14H,2-9H2,1H3. The fourth-order valence-electron chi connectivity index (χ4n) is 4.67. The first kappa shape index (κ1) is 9.24. The molecule has 0 amide bonds. The van der Waals surface area contributed by atoms with E-state index < -0.39 is 0 Å². The number of hydrogen-bond acceptors (Lipinski definition) is 0. The van der Waals surface area contributed by atoms with Crippen molar-refractivity contribution in [2.24, 2.45) is 29.6 Å². The van der Waals surface area contributed by atoms with E-state index in [2.05, 4.69) is 6.92 Å². The Morgan fingerprint density at radius 2 is 1.29 bits per heavy atom. The van der Waals surface area contributed by atoms with Gasteiger partial charge in [0.05, 0.1) is 0 Å². The van der Waals surface area contributed by atoms with E-state index in [1.54, 1.807) is 44.9 Å². The van der Waals surface area contributed by atoms with Crippen LogP contribution in [-0.4, -0.2) is 0 Å². The zero-order chi connectivity index (χ0) is 9.54. The Labute approximate surface area is 88.5 Å². The molecule has 0 heteroatoms. The third-order valence-electron chi connectivity index (χ3n) is 5.43. The zero-order valence-corrected chi connectivity index (χ0v) is 9.54. The fraction of sp³-hybridized carbons (Fsp3) is 1.00. The Morgan fingerprint density at radius 1 is 0.643 bits per heavy atom. The van der Waals surface area contributed by atoms with E-state index in [-0.39, 0.29) is 0 Å². The maximum absolute atomic E-state index is 2.45. The summed E-state index contributed by atoms with van der Waals surface area (Å²) in [6, 6.07) is 0. The van der Waals surface area contributed by atoms with Crippen molar-refractivity contribution < 1.29 is 0 Å². The minimum absolute atomic E-state index is 1.04. The smallest absolute Gasteiger partial charge is 0.0380 e. The van der Waals surface area contributed by atoms with Crippen molar-refractivity contribution in [3.05, 3.63) is 0 Å². The summed E-state index contributed by atoms with van der Waals surface area (Å²) in [7, 11) is 0. The molecule has 4 atom stereocenters. The molecule has 14 heavy (non-hydrogen) atoms. The van der Waals surface area contributed by atoms with Crippen LogP contribution in [0.25, 0.3) is 0 Å². The second-order valence-electron chi connectivity index (χ2n) is 6.36. The third kappa shape index (κ3) is 1.51. The highest BCUT2D eigenvalue weighted by molar-refractivity contribution is 4.92. The van der Waals surface area contributed by atoms with Crippen molar-refractivity contribution >= 4 is 0 Å². The summed E-state index contributed by atoms with van der Waals surface area (Å²) < 4.78 is 0. The second kappa shape index (κ2) is 3.54. The van der Waals surface area contributed by atoms with Gasteiger partial charge in [0.15, 0.2) is 0 Å². The molecule has 0 radical (unpaired) electrons. The van der Waals surface area contributed by atoms with Crippen LogP contribution < -0.4 is 0 Å². The van der Waals surface area contributed by atoms with Gasteiger partial charge in [-0.25, -0.2) is 0 Å². The van der Waals surface area contributed by atoms with Gasteiger partial charge in [-0.3, -0.25) is 0 Å². The van der Waals surface area contributed by atoms with E-state index in [4.69, 9.17) is 0 Å². The molecular weight excluding hydrogens is 168 g/mol. The average Bonchev–Trinajstić information content (AvgIpc) is 2.75. The van der Waals surface area contributed by atoms with Crippen LogP contribution in [-0.2, 0) is 0 Å². The second-order valence-corrected chi connectivity index (χ2v) is 6.36. The van der Waals surface area contributed by atoms with Crippen molar-refractivity contribution in [3.63, 3.8) is 0 Å². The number of rotatable bonds is 1. The van der Waals surface area contributed by atoms with Gasteiger partial charge < -0.3 is 0 Å². The molecule has 0 saturated heterocycles. The fourth-order valence-corrected chi connectivity index (χ4v) is 4.67. The minimum atomic E-state index is 1.04. The molecule has 0 spiro atoms. The van der Waals surface area contributed by atoms with Crippen molar-refractivity contribution in [1.82, 2.24) is 0 Å². The normalized spacial score (nSPS) is 52.5. The molecule has 0 bridgehead atoms. The molecule has 3 fully saturated rings. The van der Waals surface area contributed by atoms with Crippen molar-refractivity contribution in [1.29, 1.82) is 0 Å². The first-order valence-corrected chi connectivity index (χ1v) is 6.83. The van der Waals surface area contributed by atoms with E-state index in [1.807, 2.05) is 0 Å². The maximum atomic E-state index is 2.45. The van der Waals surface area contributed by atoms with E-state index in [0.717, 1.165) is 29.6 Å². The van der Waals surface area contributed by atoms with Gasteiger partial charge in [-0.05, 0) is 55.3 Å². The molecule has 0 aromatic heterocycles. The molecule has 4 unspecified atom stereocenters. The van der Waals surface area contributed by atoms with Gasteiger partial charge in [-0.2, -0.15) is 0 Å². The summed E-state index contributed by atoms with van der Waals surface area (Å²) in [6.45, 7) is 2.45. The molecule has 0 aromatic rings. The van der Waals surface area contributed by atoms with E-state index in [0.29, 0.717) is 0 Å². The summed E-state index contributed by atoms with van der Waals surface area (Å²) in [4.78, 5) is 0. The molecule has 80 valence electrons. The average molecular weight is 192 g/mol. The predicted molar refractivity (Wildman–Crippen MR) is 60.1 cm³/mol. The molecule has 3 aliphatic carbocycles. The van der Waals surface area contributed by atoms with Gasteiger partial charge in [0.25, 0.3) is 0 Å². The number of hydrogen-bond donors (Lipinski definition) is 0. The minimum Gasteiger partial charge on any atom is -0.0625 e. The maximum Gasteiger partial charge on any atom is -0.0380 e. The summed E-state index contributed by atoms with van der Waals surface area (Å²) in [5.74, 6) is 5.65. The first-order valence-electron chi connectivity index (χ1n) is 6.83. The molecule has 3 saturated carbocycles.